The van der Waals surface area contributed by atoms with Gasteiger partial charge < -0.3 is 18.7 Å². The van der Waals surface area contributed by atoms with Crippen LogP contribution in [0.15, 0.2) is 51.1 Å². The number of esters is 2. The number of aromatic nitrogens is 4. The number of aliphatic imine (C=N–C) groups is 1. The quantitative estimate of drug-likeness (QED) is 0.103. The first-order valence-corrected chi connectivity index (χ1v) is 13.4. The van der Waals surface area contributed by atoms with E-state index in [4.69, 9.17) is 23.7 Å². The number of aryl methyl sites for hydroxylation is 1. The van der Waals surface area contributed by atoms with Crippen molar-refractivity contribution < 1.29 is 28.3 Å². The largest absolute Gasteiger partial charge is 0.463 e. The summed E-state index contributed by atoms with van der Waals surface area (Å²) in [7, 11) is 0. The van der Waals surface area contributed by atoms with E-state index in [2.05, 4.69) is 22.0 Å². The van der Waals surface area contributed by atoms with Crippen LogP contribution >= 0.6 is 11.8 Å². The zero-order valence-electron chi connectivity index (χ0n) is 21.6. The maximum absolute atomic E-state index is 11.7. The number of hydrogen-bond donors (Lipinski definition) is 0. The average Bonchev–Trinajstić information content (AvgIpc) is 3.62. The minimum atomic E-state index is -0.635. The second-order valence-corrected chi connectivity index (χ2v) is 9.69. The van der Waals surface area contributed by atoms with Gasteiger partial charge in [-0.3, -0.25) is 14.2 Å². The van der Waals surface area contributed by atoms with E-state index >= 15 is 0 Å². The molecule has 3 aromatic rings. The molecule has 0 saturated carbocycles. The lowest BCUT2D eigenvalue weighted by molar-refractivity contribution is -0.155. The van der Waals surface area contributed by atoms with Crippen molar-refractivity contribution in [2.24, 2.45) is 4.99 Å². The average molecular weight is 542 g/mol. The van der Waals surface area contributed by atoms with Gasteiger partial charge in [-0.05, 0) is 18.6 Å². The first kappa shape index (κ1) is 27.5. The van der Waals surface area contributed by atoms with Crippen LogP contribution in [0.25, 0.3) is 11.5 Å². The van der Waals surface area contributed by atoms with E-state index < -0.39 is 30.4 Å². The van der Waals surface area contributed by atoms with Crippen molar-refractivity contribution in [3.8, 4) is 11.5 Å². The molecule has 0 radical (unpaired) electrons. The molecule has 12 heteroatoms. The minimum absolute atomic E-state index is 0.0419. The summed E-state index contributed by atoms with van der Waals surface area (Å²) >= 11 is 1.45. The van der Waals surface area contributed by atoms with Crippen molar-refractivity contribution in [3.63, 3.8) is 0 Å². The molecule has 0 amide bonds. The summed E-state index contributed by atoms with van der Waals surface area (Å²) in [5.74, 6) is 0.453. The zero-order valence-corrected chi connectivity index (χ0v) is 22.4. The summed E-state index contributed by atoms with van der Waals surface area (Å²) in [6.07, 6.45) is 3.92. The Kier molecular flexibility index (Phi) is 9.66. The number of hydrogen-bond acceptors (Lipinski definition) is 11. The number of rotatable bonds is 12. The van der Waals surface area contributed by atoms with Gasteiger partial charge in [0, 0.05) is 31.6 Å². The van der Waals surface area contributed by atoms with Gasteiger partial charge in [0.1, 0.15) is 25.0 Å². The van der Waals surface area contributed by atoms with Gasteiger partial charge in [0.2, 0.25) is 11.7 Å². The van der Waals surface area contributed by atoms with Gasteiger partial charge in [-0.1, -0.05) is 54.9 Å². The molecule has 1 aliphatic rings. The lowest BCUT2D eigenvalue weighted by atomic mass is 10.2. The SMILES string of the molecule is CCCCCc1nc(-c2ncn([C@H]3C[C@H](OC(C)=O)[C@@H](COC(C)=O)O3)c2/N=C/Sc2ccccc2)no1. The minimum Gasteiger partial charge on any atom is -0.463 e. The fourth-order valence-electron chi connectivity index (χ4n) is 4.02. The first-order valence-electron chi connectivity index (χ1n) is 12.5. The summed E-state index contributed by atoms with van der Waals surface area (Å²) in [4.78, 5) is 37.9. The van der Waals surface area contributed by atoms with Crippen LogP contribution in [0.4, 0.5) is 5.82 Å². The number of nitrogens with zero attached hydrogens (tertiary/aromatic N) is 5. The molecule has 0 bridgehead atoms. The predicted octanol–water partition coefficient (Wildman–Crippen LogP) is 4.90. The van der Waals surface area contributed by atoms with Crippen LogP contribution in [0.3, 0.4) is 0 Å². The Labute approximate surface area is 225 Å². The number of imidazole rings is 1. The first-order chi connectivity index (χ1) is 18.4. The number of unbranched alkanes of at least 4 members (excludes halogenated alkanes) is 2. The van der Waals surface area contributed by atoms with Crippen molar-refractivity contribution in [1.29, 1.82) is 0 Å². The second kappa shape index (κ2) is 13.3. The Morgan fingerprint density at radius 1 is 1.21 bits per heavy atom. The van der Waals surface area contributed by atoms with Gasteiger partial charge in [-0.15, -0.1) is 0 Å². The summed E-state index contributed by atoms with van der Waals surface area (Å²) in [5, 5.41) is 4.14. The van der Waals surface area contributed by atoms with Crippen LogP contribution < -0.4 is 0 Å². The summed E-state index contributed by atoms with van der Waals surface area (Å²) in [6.45, 7) is 4.74. The Morgan fingerprint density at radius 3 is 2.76 bits per heavy atom. The molecule has 11 nitrogen and oxygen atoms in total. The topological polar surface area (TPSA) is 131 Å². The highest BCUT2D eigenvalue weighted by molar-refractivity contribution is 8.12. The summed E-state index contributed by atoms with van der Waals surface area (Å²) < 4.78 is 24.0. The third-order valence-electron chi connectivity index (χ3n) is 5.81. The third-order valence-corrected chi connectivity index (χ3v) is 6.56. The maximum atomic E-state index is 11.7. The van der Waals surface area contributed by atoms with Crippen LogP contribution in [0.5, 0.6) is 0 Å². The summed E-state index contributed by atoms with van der Waals surface area (Å²) in [5.41, 5.74) is 2.15. The maximum Gasteiger partial charge on any atom is 0.303 e. The molecule has 1 aliphatic heterocycles. The number of thioether (sulfide) groups is 1. The molecule has 2 aromatic heterocycles. The van der Waals surface area contributed by atoms with Crippen molar-refractivity contribution in [3.05, 3.63) is 42.5 Å². The molecule has 0 spiro atoms. The van der Waals surface area contributed by atoms with Gasteiger partial charge in [-0.2, -0.15) is 4.98 Å². The lowest BCUT2D eigenvalue weighted by Crippen LogP contribution is -2.31. The van der Waals surface area contributed by atoms with E-state index in [9.17, 15) is 9.59 Å². The van der Waals surface area contributed by atoms with Gasteiger partial charge in [-0.25, -0.2) is 9.98 Å². The van der Waals surface area contributed by atoms with Crippen LogP contribution in [-0.2, 0) is 30.2 Å². The molecule has 3 atom stereocenters. The highest BCUT2D eigenvalue weighted by Crippen LogP contribution is 2.37. The molecule has 0 unspecified atom stereocenters. The monoisotopic (exact) mass is 541 g/mol. The van der Waals surface area contributed by atoms with Crippen molar-refractivity contribution in [2.75, 3.05) is 6.61 Å². The van der Waals surface area contributed by atoms with Crippen molar-refractivity contribution >= 4 is 35.1 Å². The predicted molar refractivity (Wildman–Crippen MR) is 140 cm³/mol. The Morgan fingerprint density at radius 2 is 2.03 bits per heavy atom. The van der Waals surface area contributed by atoms with Crippen molar-refractivity contribution in [2.45, 2.75) is 76.2 Å². The van der Waals surface area contributed by atoms with Gasteiger partial charge in [0.05, 0.1) is 11.9 Å². The fourth-order valence-corrected chi connectivity index (χ4v) is 4.61. The highest BCUT2D eigenvalue weighted by Gasteiger charge is 2.40. The number of ether oxygens (including phenoxy) is 3. The number of carbonyl (C=O) groups excluding carboxylic acids is 2. The van der Waals surface area contributed by atoms with Crippen LogP contribution in [-0.4, -0.2) is 56.0 Å². The molecule has 1 saturated heterocycles. The van der Waals surface area contributed by atoms with E-state index in [1.54, 1.807) is 16.4 Å². The van der Waals surface area contributed by atoms with Crippen LogP contribution in [0.2, 0.25) is 0 Å². The molecule has 0 N–H and O–H groups in total. The van der Waals surface area contributed by atoms with Gasteiger partial charge >= 0.3 is 11.9 Å². The van der Waals surface area contributed by atoms with E-state index in [1.807, 2.05) is 30.3 Å². The molecule has 3 heterocycles. The standard InChI is InChI=1S/C26H31N5O6S/c1-4-5-7-12-22-29-25(30-37-22)24-26(28-16-38-19-10-8-6-9-11-19)31(15-27-24)23-13-20(35-18(3)33)21(36-23)14-34-17(2)32/h6,8-11,15-16,20-21,23H,4-5,7,12-14H2,1-3H3/b28-16+/t20-,21+,23+/m0/s1. The third kappa shape index (κ3) is 7.29. The smallest absolute Gasteiger partial charge is 0.303 e. The molecule has 0 aliphatic carbocycles. The van der Waals surface area contributed by atoms with Crippen molar-refractivity contribution in [1.82, 2.24) is 19.7 Å². The highest BCUT2D eigenvalue weighted by atomic mass is 32.2. The molecule has 38 heavy (non-hydrogen) atoms. The van der Waals surface area contributed by atoms with E-state index in [0.717, 1.165) is 24.2 Å². The van der Waals surface area contributed by atoms with E-state index in [0.29, 0.717) is 36.1 Å². The van der Waals surface area contributed by atoms with Crippen LogP contribution in [0, 0.1) is 0 Å². The zero-order chi connectivity index (χ0) is 26.9. The Bertz CT molecular complexity index is 1240. The molecule has 1 fully saturated rings. The molecule has 202 valence electrons. The Hall–Kier alpha value is -3.51. The molecular weight excluding hydrogens is 510 g/mol. The van der Waals surface area contributed by atoms with Gasteiger partial charge in [0.25, 0.3) is 0 Å². The molecule has 4 rings (SSSR count). The number of carbonyl (C=O) groups is 2. The van der Waals surface area contributed by atoms with Crippen LogP contribution in [0.1, 0.15) is 58.6 Å². The lowest BCUT2D eigenvalue weighted by Gasteiger charge is -2.17. The normalized spacial score (nSPS) is 19.2. The second-order valence-electron chi connectivity index (χ2n) is 8.77. The fraction of sp³-hybridized carbons (Fsp3) is 0.462. The Balaban J connectivity index is 1.61. The summed E-state index contributed by atoms with van der Waals surface area (Å²) in [6, 6.07) is 9.83. The number of benzene rings is 1. The van der Waals surface area contributed by atoms with E-state index in [1.165, 1.54) is 25.6 Å². The molecule has 1 aromatic carbocycles. The van der Waals surface area contributed by atoms with Gasteiger partial charge in [0.15, 0.2) is 11.5 Å². The van der Waals surface area contributed by atoms with E-state index in [-0.39, 0.29) is 6.61 Å². The molecular formula is C26H31N5O6S.